The highest BCUT2D eigenvalue weighted by Crippen LogP contribution is 2.28. The molecule has 1 aromatic carbocycles. The summed E-state index contributed by atoms with van der Waals surface area (Å²) >= 11 is 0. The third-order valence-electron chi connectivity index (χ3n) is 4.30. The fraction of sp³-hybridized carbons (Fsp3) is 0.238. The first kappa shape index (κ1) is 21.6. The number of rotatable bonds is 8. The topological polar surface area (TPSA) is 129 Å². The highest BCUT2D eigenvalue weighted by atomic mass is 16.6. The van der Waals surface area contributed by atoms with Crippen molar-refractivity contribution in [3.63, 3.8) is 0 Å². The number of benzene rings is 1. The molecule has 1 unspecified atom stereocenters. The normalized spacial score (nSPS) is 11.7. The van der Waals surface area contributed by atoms with Gasteiger partial charge in [-0.05, 0) is 32.0 Å². The summed E-state index contributed by atoms with van der Waals surface area (Å²) < 4.78 is 6.71. The highest BCUT2D eigenvalue weighted by molar-refractivity contribution is 5.94. The van der Waals surface area contributed by atoms with Gasteiger partial charge in [-0.1, -0.05) is 18.2 Å². The number of pyridine rings is 1. The summed E-state index contributed by atoms with van der Waals surface area (Å²) in [5.74, 6) is -0.581. The molecule has 3 rings (SSSR count). The van der Waals surface area contributed by atoms with Crippen LogP contribution in [0.1, 0.15) is 42.2 Å². The van der Waals surface area contributed by atoms with E-state index in [9.17, 15) is 19.7 Å². The third kappa shape index (κ3) is 5.50. The number of aromatic nitrogens is 3. The Labute approximate surface area is 178 Å². The van der Waals surface area contributed by atoms with Gasteiger partial charge in [0.05, 0.1) is 34.6 Å². The van der Waals surface area contributed by atoms with Crippen molar-refractivity contribution in [1.29, 1.82) is 0 Å². The van der Waals surface area contributed by atoms with Gasteiger partial charge in [0.25, 0.3) is 11.6 Å². The molecule has 0 spiro atoms. The number of carbonyl (C=O) groups excluding carboxylic acids is 2. The van der Waals surface area contributed by atoms with Crippen LogP contribution in [-0.4, -0.2) is 37.7 Å². The minimum atomic E-state index is -0.953. The summed E-state index contributed by atoms with van der Waals surface area (Å²) in [6, 6.07) is 9.92. The monoisotopic (exact) mass is 423 g/mol. The molecule has 10 nitrogen and oxygen atoms in total. The predicted octanol–water partition coefficient (Wildman–Crippen LogP) is 2.99. The van der Waals surface area contributed by atoms with Crippen molar-refractivity contribution >= 4 is 17.6 Å². The lowest BCUT2D eigenvalue weighted by Gasteiger charge is -2.19. The highest BCUT2D eigenvalue weighted by Gasteiger charge is 2.27. The molecule has 2 aromatic heterocycles. The first-order valence-corrected chi connectivity index (χ1v) is 9.55. The Bertz CT molecular complexity index is 1060. The van der Waals surface area contributed by atoms with Crippen LogP contribution in [0.5, 0.6) is 0 Å². The molecule has 1 N–H and O–H groups in total. The van der Waals surface area contributed by atoms with Crippen molar-refractivity contribution < 1.29 is 19.2 Å². The van der Waals surface area contributed by atoms with Gasteiger partial charge >= 0.3 is 5.97 Å². The zero-order valence-electron chi connectivity index (χ0n) is 17.0. The maximum Gasteiger partial charge on any atom is 0.308 e. The van der Waals surface area contributed by atoms with Gasteiger partial charge in [-0.15, -0.1) is 0 Å². The molecule has 0 aliphatic rings. The quantitative estimate of drug-likeness (QED) is 0.335. The van der Waals surface area contributed by atoms with Crippen LogP contribution in [0.25, 0.3) is 5.82 Å². The van der Waals surface area contributed by atoms with Crippen LogP contribution >= 0.6 is 0 Å². The lowest BCUT2D eigenvalue weighted by molar-refractivity contribution is -0.385. The second-order valence-electron chi connectivity index (χ2n) is 6.94. The summed E-state index contributed by atoms with van der Waals surface area (Å²) in [6.07, 6.45) is 4.08. The Morgan fingerprint density at radius 3 is 2.58 bits per heavy atom. The average molecular weight is 423 g/mol. The van der Waals surface area contributed by atoms with E-state index in [0.29, 0.717) is 5.82 Å². The molecular weight excluding hydrogens is 402 g/mol. The van der Waals surface area contributed by atoms with Crippen LogP contribution in [0, 0.1) is 10.1 Å². The summed E-state index contributed by atoms with van der Waals surface area (Å²) in [7, 11) is 0. The number of para-hydroxylation sites is 1. The third-order valence-corrected chi connectivity index (χ3v) is 4.30. The van der Waals surface area contributed by atoms with E-state index < -0.39 is 22.8 Å². The smallest absolute Gasteiger partial charge is 0.308 e. The van der Waals surface area contributed by atoms with Crippen molar-refractivity contribution in [2.45, 2.75) is 32.4 Å². The van der Waals surface area contributed by atoms with Gasteiger partial charge in [0.15, 0.2) is 5.82 Å². The van der Waals surface area contributed by atoms with E-state index in [1.54, 1.807) is 55.2 Å². The van der Waals surface area contributed by atoms with E-state index in [-0.39, 0.29) is 29.3 Å². The fourth-order valence-electron chi connectivity index (χ4n) is 2.97. The minimum Gasteiger partial charge on any atom is -0.463 e. The molecule has 3 aromatic rings. The van der Waals surface area contributed by atoms with E-state index in [0.717, 1.165) is 0 Å². The number of esters is 1. The summed E-state index contributed by atoms with van der Waals surface area (Å²) in [5, 5.41) is 18.2. The molecule has 1 amide bonds. The van der Waals surface area contributed by atoms with E-state index in [1.807, 2.05) is 0 Å². The Morgan fingerprint density at radius 1 is 1.19 bits per heavy atom. The fourth-order valence-corrected chi connectivity index (χ4v) is 2.97. The largest absolute Gasteiger partial charge is 0.463 e. The Morgan fingerprint density at radius 2 is 1.97 bits per heavy atom. The molecule has 0 fully saturated rings. The Kier molecular flexibility index (Phi) is 6.71. The number of nitrogens with zero attached hydrogens (tertiary/aromatic N) is 4. The Hall–Kier alpha value is -4.08. The molecule has 0 saturated heterocycles. The molecule has 0 saturated carbocycles. The van der Waals surface area contributed by atoms with Gasteiger partial charge in [0, 0.05) is 24.7 Å². The number of nitrogens with one attached hydrogen (secondary N) is 1. The Balaban J connectivity index is 1.85. The van der Waals surface area contributed by atoms with E-state index in [1.165, 1.54) is 24.4 Å². The van der Waals surface area contributed by atoms with Crippen LogP contribution in [-0.2, 0) is 9.53 Å². The van der Waals surface area contributed by atoms with Gasteiger partial charge in [-0.3, -0.25) is 19.7 Å². The molecule has 160 valence electrons. The molecule has 1 atom stereocenters. The van der Waals surface area contributed by atoms with Crippen LogP contribution in [0.3, 0.4) is 0 Å². The predicted molar refractivity (Wildman–Crippen MR) is 111 cm³/mol. The first-order chi connectivity index (χ1) is 14.8. The first-order valence-electron chi connectivity index (χ1n) is 9.55. The standard InChI is InChI=1S/C21H21N5O5/c1-14(2)31-20(27)12-17(16-6-3-4-7-18(16)26(29)30)24-21(28)15-8-9-19(22-13-15)25-11-5-10-23-25/h3-11,13-14,17H,12H2,1-2H3,(H,24,28). The second kappa shape index (κ2) is 9.61. The SMILES string of the molecule is CC(C)OC(=O)CC(NC(=O)c1ccc(-n2cccn2)nc1)c1ccccc1[N+](=O)[O-]. The van der Waals surface area contributed by atoms with E-state index in [2.05, 4.69) is 15.4 Å². The van der Waals surface area contributed by atoms with Crippen LogP contribution in [0.2, 0.25) is 0 Å². The van der Waals surface area contributed by atoms with E-state index in [4.69, 9.17) is 4.74 Å². The molecule has 0 radical (unpaired) electrons. The van der Waals surface area contributed by atoms with Crippen molar-refractivity contribution in [3.05, 3.63) is 82.3 Å². The molecule has 2 heterocycles. The van der Waals surface area contributed by atoms with Crippen molar-refractivity contribution in [3.8, 4) is 5.82 Å². The number of nitro groups is 1. The maximum atomic E-state index is 12.8. The van der Waals surface area contributed by atoms with Crippen molar-refractivity contribution in [2.24, 2.45) is 0 Å². The number of hydrogen-bond donors (Lipinski definition) is 1. The molecular formula is C21H21N5O5. The number of nitro benzene ring substituents is 1. The molecule has 31 heavy (non-hydrogen) atoms. The van der Waals surface area contributed by atoms with Crippen molar-refractivity contribution in [1.82, 2.24) is 20.1 Å². The van der Waals surface area contributed by atoms with Gasteiger partial charge in [0.2, 0.25) is 0 Å². The summed E-state index contributed by atoms with van der Waals surface area (Å²) in [6.45, 7) is 3.40. The zero-order valence-corrected chi connectivity index (χ0v) is 17.0. The molecule has 0 bridgehead atoms. The van der Waals surface area contributed by atoms with Crippen LogP contribution in [0.4, 0.5) is 5.69 Å². The van der Waals surface area contributed by atoms with Gasteiger partial charge in [-0.2, -0.15) is 5.10 Å². The summed E-state index contributed by atoms with van der Waals surface area (Å²) in [4.78, 5) is 40.2. The zero-order chi connectivity index (χ0) is 22.4. The summed E-state index contributed by atoms with van der Waals surface area (Å²) in [5.41, 5.74) is 0.247. The van der Waals surface area contributed by atoms with Gasteiger partial charge in [0.1, 0.15) is 0 Å². The number of carbonyl (C=O) groups is 2. The van der Waals surface area contributed by atoms with Gasteiger partial charge < -0.3 is 10.1 Å². The van der Waals surface area contributed by atoms with Gasteiger partial charge in [-0.25, -0.2) is 9.67 Å². The molecule has 0 aliphatic carbocycles. The number of ether oxygens (including phenoxy) is 1. The van der Waals surface area contributed by atoms with Crippen LogP contribution in [0.15, 0.2) is 61.1 Å². The lowest BCUT2D eigenvalue weighted by Crippen LogP contribution is -2.31. The number of amides is 1. The second-order valence-corrected chi connectivity index (χ2v) is 6.94. The lowest BCUT2D eigenvalue weighted by atomic mass is 10.0. The van der Waals surface area contributed by atoms with E-state index >= 15 is 0 Å². The minimum absolute atomic E-state index is 0.197. The maximum absolute atomic E-state index is 12.8. The molecule has 0 aliphatic heterocycles. The van der Waals surface area contributed by atoms with Crippen molar-refractivity contribution in [2.75, 3.05) is 0 Å². The average Bonchev–Trinajstić information content (AvgIpc) is 3.27. The van der Waals surface area contributed by atoms with Crippen LogP contribution < -0.4 is 5.32 Å². The number of hydrogen-bond acceptors (Lipinski definition) is 7. The molecule has 10 heteroatoms.